The minimum absolute atomic E-state index is 0.00569. The number of nitrogens with zero attached hydrogens (tertiary/aromatic N) is 1. The van der Waals surface area contributed by atoms with Gasteiger partial charge in [-0.2, -0.15) is 0 Å². The molecule has 11 heteroatoms. The van der Waals surface area contributed by atoms with Crippen molar-refractivity contribution in [2.75, 3.05) is 16.8 Å². The Kier molecular flexibility index (Phi) is 7.05. The monoisotopic (exact) mass is 466 g/mol. The quantitative estimate of drug-likeness (QED) is 0.434. The summed E-state index contributed by atoms with van der Waals surface area (Å²) >= 11 is 0. The summed E-state index contributed by atoms with van der Waals surface area (Å²) in [5, 5.41) is 7.06. The normalized spacial score (nSPS) is 12.3. The van der Waals surface area contributed by atoms with Crippen molar-refractivity contribution in [2.24, 2.45) is 0 Å². The van der Waals surface area contributed by atoms with Crippen LogP contribution in [0.1, 0.15) is 51.8 Å². The van der Waals surface area contributed by atoms with Gasteiger partial charge in [0, 0.05) is 18.7 Å². The average Bonchev–Trinajstić information content (AvgIpc) is 3.01. The predicted octanol–water partition coefficient (Wildman–Crippen LogP) is 1.84. The summed E-state index contributed by atoms with van der Waals surface area (Å²) in [5.41, 5.74) is 0.869. The summed E-state index contributed by atoms with van der Waals surface area (Å²) in [5.74, 6) is -3.19. The smallest absolute Gasteiger partial charge is 0.338 e. The summed E-state index contributed by atoms with van der Waals surface area (Å²) in [6.07, 6.45) is 0. The Morgan fingerprint density at radius 1 is 0.941 bits per heavy atom. The second-order valence-electron chi connectivity index (χ2n) is 7.69. The van der Waals surface area contributed by atoms with E-state index in [0.29, 0.717) is 11.4 Å². The number of urea groups is 1. The third-order valence-corrected chi connectivity index (χ3v) is 4.58. The Hall–Kier alpha value is -4.54. The number of carbonyl (C=O) groups excluding carboxylic acids is 6. The van der Waals surface area contributed by atoms with Crippen molar-refractivity contribution < 1.29 is 33.5 Å². The van der Waals surface area contributed by atoms with Crippen molar-refractivity contribution in [2.45, 2.75) is 26.8 Å². The zero-order valence-corrected chi connectivity index (χ0v) is 18.6. The van der Waals surface area contributed by atoms with Gasteiger partial charge in [-0.15, -0.1) is 0 Å². The van der Waals surface area contributed by atoms with E-state index in [-0.39, 0.29) is 28.6 Å². The first-order valence-electron chi connectivity index (χ1n) is 10.2. The van der Waals surface area contributed by atoms with Gasteiger partial charge in [-0.1, -0.05) is 0 Å². The number of rotatable bonds is 6. The van der Waals surface area contributed by atoms with Crippen LogP contribution in [0.5, 0.6) is 0 Å². The van der Waals surface area contributed by atoms with Crippen LogP contribution in [0.15, 0.2) is 42.5 Å². The van der Waals surface area contributed by atoms with Crippen LogP contribution in [0.4, 0.5) is 16.2 Å². The average molecular weight is 466 g/mol. The highest BCUT2D eigenvalue weighted by molar-refractivity contribution is 6.34. The summed E-state index contributed by atoms with van der Waals surface area (Å²) < 4.78 is 4.90. The second-order valence-corrected chi connectivity index (χ2v) is 7.69. The van der Waals surface area contributed by atoms with E-state index in [9.17, 15) is 28.8 Å². The third-order valence-electron chi connectivity index (χ3n) is 4.58. The molecule has 0 aromatic heterocycles. The minimum atomic E-state index is -0.902. The van der Waals surface area contributed by atoms with E-state index in [0.717, 1.165) is 4.90 Å². The largest absolute Gasteiger partial charge is 0.452 e. The van der Waals surface area contributed by atoms with Gasteiger partial charge in [-0.25, -0.2) is 14.5 Å². The lowest BCUT2D eigenvalue weighted by atomic mass is 10.1. The van der Waals surface area contributed by atoms with Crippen LogP contribution in [0.25, 0.3) is 0 Å². The zero-order valence-electron chi connectivity index (χ0n) is 18.6. The van der Waals surface area contributed by atoms with E-state index in [4.69, 9.17) is 4.74 Å². The summed E-state index contributed by atoms with van der Waals surface area (Å²) in [7, 11) is 0. The Morgan fingerprint density at radius 3 is 2.21 bits per heavy atom. The number of hydrogen-bond donors (Lipinski definition) is 3. The maximum absolute atomic E-state index is 12.9. The van der Waals surface area contributed by atoms with Crippen LogP contribution < -0.4 is 20.9 Å². The Bertz CT molecular complexity index is 1190. The molecule has 3 rings (SSSR count). The van der Waals surface area contributed by atoms with Gasteiger partial charge in [0.05, 0.1) is 22.4 Å². The van der Waals surface area contributed by atoms with E-state index in [1.165, 1.54) is 37.3 Å². The van der Waals surface area contributed by atoms with Crippen LogP contribution in [-0.4, -0.2) is 48.3 Å². The van der Waals surface area contributed by atoms with Gasteiger partial charge in [0.1, 0.15) is 0 Å². The Balaban J connectivity index is 1.68. The van der Waals surface area contributed by atoms with E-state index in [1.807, 2.05) is 5.32 Å². The van der Waals surface area contributed by atoms with Crippen LogP contribution in [-0.2, 0) is 14.3 Å². The fourth-order valence-electron chi connectivity index (χ4n) is 3.17. The molecular weight excluding hydrogens is 444 g/mol. The molecule has 1 aliphatic heterocycles. The van der Waals surface area contributed by atoms with Crippen LogP contribution in [0, 0.1) is 0 Å². The number of esters is 1. The number of imide groups is 2. The molecule has 2 aromatic rings. The number of anilines is 2. The van der Waals surface area contributed by atoms with E-state index < -0.39 is 36.3 Å². The molecule has 3 N–H and O–H groups in total. The van der Waals surface area contributed by atoms with Crippen molar-refractivity contribution in [3.63, 3.8) is 0 Å². The number of ether oxygens (including phenoxy) is 1. The van der Waals surface area contributed by atoms with Gasteiger partial charge in [-0.3, -0.25) is 24.5 Å². The lowest BCUT2D eigenvalue weighted by Gasteiger charge is -2.14. The lowest BCUT2D eigenvalue weighted by Crippen LogP contribution is -2.44. The van der Waals surface area contributed by atoms with Crippen molar-refractivity contribution >= 4 is 47.0 Å². The maximum Gasteiger partial charge on any atom is 0.338 e. The van der Waals surface area contributed by atoms with Crippen LogP contribution in [0.3, 0.4) is 0 Å². The number of fused-ring (bicyclic) bond motifs is 1. The number of amides is 6. The molecule has 0 unspecified atom stereocenters. The highest BCUT2D eigenvalue weighted by Gasteiger charge is 2.37. The van der Waals surface area contributed by atoms with Gasteiger partial charge >= 0.3 is 12.0 Å². The molecule has 34 heavy (non-hydrogen) atoms. The topological polar surface area (TPSA) is 151 Å². The Labute approximate surface area is 194 Å². The van der Waals surface area contributed by atoms with Crippen LogP contribution in [0.2, 0.25) is 0 Å². The molecule has 0 spiro atoms. The van der Waals surface area contributed by atoms with Crippen molar-refractivity contribution in [1.82, 2.24) is 10.6 Å². The standard InChI is InChI=1S/C23H22N4O7/c1-12(2)24-23(33)26-19(29)11-34-22(32)14-4-9-17-18(10-14)21(31)27(20(17)30)16-7-5-15(6-8-16)25-13(3)28/h4-10,12H,11H2,1-3H3,(H,25,28)(H2,24,26,29,33). The van der Waals surface area contributed by atoms with Gasteiger partial charge in [0.2, 0.25) is 5.91 Å². The van der Waals surface area contributed by atoms with Crippen LogP contribution >= 0.6 is 0 Å². The molecule has 176 valence electrons. The first kappa shape index (κ1) is 24.1. The molecule has 2 aromatic carbocycles. The molecule has 0 radical (unpaired) electrons. The SMILES string of the molecule is CC(=O)Nc1ccc(N2C(=O)c3ccc(C(=O)OCC(=O)NC(=O)NC(C)C)cc3C2=O)cc1. The van der Waals surface area contributed by atoms with Crippen molar-refractivity contribution in [3.8, 4) is 0 Å². The second kappa shape index (κ2) is 9.94. The molecule has 0 saturated heterocycles. The number of carbonyl (C=O) groups is 6. The third kappa shape index (κ3) is 5.44. The fraction of sp³-hybridized carbons (Fsp3) is 0.217. The minimum Gasteiger partial charge on any atom is -0.452 e. The highest BCUT2D eigenvalue weighted by Crippen LogP contribution is 2.30. The molecule has 0 fully saturated rings. The summed E-state index contributed by atoms with van der Waals surface area (Å²) in [4.78, 5) is 73.4. The van der Waals surface area contributed by atoms with E-state index in [2.05, 4.69) is 10.6 Å². The van der Waals surface area contributed by atoms with E-state index in [1.54, 1.807) is 26.0 Å². The summed E-state index contributed by atoms with van der Waals surface area (Å²) in [6, 6.07) is 9.07. The predicted molar refractivity (Wildman–Crippen MR) is 120 cm³/mol. The first-order chi connectivity index (χ1) is 16.1. The molecule has 6 amide bonds. The van der Waals surface area contributed by atoms with Gasteiger partial charge in [-0.05, 0) is 56.3 Å². The van der Waals surface area contributed by atoms with Crippen molar-refractivity contribution in [3.05, 3.63) is 59.2 Å². The summed E-state index contributed by atoms with van der Waals surface area (Å²) in [6.45, 7) is 4.08. The molecular formula is C23H22N4O7. The molecule has 0 bridgehead atoms. The van der Waals surface area contributed by atoms with Gasteiger partial charge in [0.15, 0.2) is 6.61 Å². The molecule has 0 saturated carbocycles. The fourth-order valence-corrected chi connectivity index (χ4v) is 3.17. The Morgan fingerprint density at radius 2 is 1.59 bits per heavy atom. The van der Waals surface area contributed by atoms with Gasteiger partial charge < -0.3 is 15.4 Å². The molecule has 1 heterocycles. The molecule has 0 atom stereocenters. The molecule has 1 aliphatic rings. The van der Waals surface area contributed by atoms with E-state index >= 15 is 0 Å². The number of hydrogen-bond acceptors (Lipinski definition) is 7. The van der Waals surface area contributed by atoms with Crippen molar-refractivity contribution in [1.29, 1.82) is 0 Å². The first-order valence-corrected chi connectivity index (χ1v) is 10.2. The maximum atomic E-state index is 12.9. The zero-order chi connectivity index (χ0) is 25.0. The number of nitrogens with one attached hydrogen (secondary N) is 3. The molecule has 11 nitrogen and oxygen atoms in total. The van der Waals surface area contributed by atoms with Gasteiger partial charge in [0.25, 0.3) is 17.7 Å². The molecule has 0 aliphatic carbocycles. The lowest BCUT2D eigenvalue weighted by molar-refractivity contribution is -0.123. The number of benzene rings is 2. The highest BCUT2D eigenvalue weighted by atomic mass is 16.5.